The van der Waals surface area contributed by atoms with E-state index >= 15 is 0 Å². The smallest absolute Gasteiger partial charge is 0.329 e. The van der Waals surface area contributed by atoms with Crippen LogP contribution >= 0.6 is 0 Å². The number of aromatic amines is 1. The SMILES string of the molecule is CCC(CC)(Nc1ncnc2nc[nH]c12)C(=O)O. The van der Waals surface area contributed by atoms with Gasteiger partial charge in [0, 0.05) is 0 Å². The van der Waals surface area contributed by atoms with E-state index < -0.39 is 11.5 Å². The second-order valence-electron chi connectivity index (χ2n) is 4.04. The number of hydrogen-bond donors (Lipinski definition) is 3. The van der Waals surface area contributed by atoms with Crippen LogP contribution in [-0.2, 0) is 4.79 Å². The number of carboxylic acids is 1. The molecular weight excluding hydrogens is 234 g/mol. The third-order valence-electron chi connectivity index (χ3n) is 3.20. The van der Waals surface area contributed by atoms with Gasteiger partial charge >= 0.3 is 5.97 Å². The fourth-order valence-electron chi connectivity index (χ4n) is 1.87. The standard InChI is InChI=1S/C11H15N5O2/c1-3-11(4-2,10(17)18)16-9-7-8(13-5-12-7)14-6-15-9/h5-6H,3-4H2,1-2H3,(H,17,18)(H2,12,13,14,15,16). The lowest BCUT2D eigenvalue weighted by molar-refractivity contribution is -0.142. The molecular formula is C11H15N5O2. The molecule has 0 saturated carbocycles. The molecule has 0 aliphatic carbocycles. The van der Waals surface area contributed by atoms with Gasteiger partial charge in [0.2, 0.25) is 0 Å². The van der Waals surface area contributed by atoms with Crippen molar-refractivity contribution in [3.8, 4) is 0 Å². The summed E-state index contributed by atoms with van der Waals surface area (Å²) in [6, 6.07) is 0. The summed E-state index contributed by atoms with van der Waals surface area (Å²) in [5.74, 6) is -0.428. The van der Waals surface area contributed by atoms with Crippen molar-refractivity contribution in [2.24, 2.45) is 0 Å². The third-order valence-corrected chi connectivity index (χ3v) is 3.20. The van der Waals surface area contributed by atoms with Gasteiger partial charge in [-0.3, -0.25) is 0 Å². The first-order valence-corrected chi connectivity index (χ1v) is 5.78. The molecule has 18 heavy (non-hydrogen) atoms. The van der Waals surface area contributed by atoms with Crippen molar-refractivity contribution in [1.82, 2.24) is 19.9 Å². The van der Waals surface area contributed by atoms with Crippen LogP contribution in [0.2, 0.25) is 0 Å². The van der Waals surface area contributed by atoms with E-state index in [-0.39, 0.29) is 0 Å². The third kappa shape index (κ3) is 1.87. The Bertz CT molecular complexity index is 561. The summed E-state index contributed by atoms with van der Waals surface area (Å²) in [5, 5.41) is 12.4. The van der Waals surface area contributed by atoms with Crippen molar-refractivity contribution in [2.45, 2.75) is 32.2 Å². The van der Waals surface area contributed by atoms with E-state index in [1.165, 1.54) is 12.7 Å². The number of aliphatic carboxylic acids is 1. The molecule has 0 aliphatic heterocycles. The number of hydrogen-bond acceptors (Lipinski definition) is 5. The van der Waals surface area contributed by atoms with E-state index in [4.69, 9.17) is 0 Å². The zero-order valence-corrected chi connectivity index (χ0v) is 10.3. The highest BCUT2D eigenvalue weighted by Crippen LogP contribution is 2.24. The Morgan fingerprint density at radius 1 is 1.39 bits per heavy atom. The topological polar surface area (TPSA) is 104 Å². The van der Waals surface area contributed by atoms with Crippen LogP contribution in [0.1, 0.15) is 26.7 Å². The molecule has 0 spiro atoms. The summed E-state index contributed by atoms with van der Waals surface area (Å²) >= 11 is 0. The fourth-order valence-corrected chi connectivity index (χ4v) is 1.87. The molecule has 0 fully saturated rings. The Balaban J connectivity index is 2.43. The van der Waals surface area contributed by atoms with Crippen LogP contribution in [0.15, 0.2) is 12.7 Å². The first-order chi connectivity index (χ1) is 8.63. The first kappa shape index (κ1) is 12.3. The van der Waals surface area contributed by atoms with Crippen molar-refractivity contribution in [3.63, 3.8) is 0 Å². The highest BCUT2D eigenvalue weighted by Gasteiger charge is 2.35. The minimum absolute atomic E-state index is 0.457. The van der Waals surface area contributed by atoms with E-state index in [9.17, 15) is 9.90 Å². The van der Waals surface area contributed by atoms with Crippen LogP contribution in [0.3, 0.4) is 0 Å². The Morgan fingerprint density at radius 3 is 2.72 bits per heavy atom. The lowest BCUT2D eigenvalue weighted by Gasteiger charge is -2.28. The van der Waals surface area contributed by atoms with E-state index in [1.807, 2.05) is 13.8 Å². The average Bonchev–Trinajstić information content (AvgIpc) is 2.84. The molecule has 2 aromatic heterocycles. The minimum Gasteiger partial charge on any atom is -0.480 e. The molecule has 2 aromatic rings. The zero-order valence-electron chi connectivity index (χ0n) is 10.3. The molecule has 0 unspecified atom stereocenters. The number of nitrogens with zero attached hydrogens (tertiary/aromatic N) is 3. The molecule has 2 heterocycles. The molecule has 7 heteroatoms. The number of fused-ring (bicyclic) bond motifs is 1. The van der Waals surface area contributed by atoms with Crippen molar-refractivity contribution < 1.29 is 9.90 Å². The minimum atomic E-state index is -1.02. The Kier molecular flexibility index (Phi) is 3.14. The maximum Gasteiger partial charge on any atom is 0.329 e. The predicted molar refractivity (Wildman–Crippen MR) is 66.3 cm³/mol. The molecule has 96 valence electrons. The molecule has 0 saturated heterocycles. The molecule has 0 radical (unpaired) electrons. The summed E-state index contributed by atoms with van der Waals surface area (Å²) in [4.78, 5) is 26.4. The monoisotopic (exact) mass is 249 g/mol. The van der Waals surface area contributed by atoms with Crippen LogP contribution in [-0.4, -0.2) is 36.6 Å². The summed E-state index contributed by atoms with van der Waals surface area (Å²) in [7, 11) is 0. The Morgan fingerprint density at radius 2 is 2.11 bits per heavy atom. The van der Waals surface area contributed by atoms with E-state index in [0.29, 0.717) is 29.8 Å². The lowest BCUT2D eigenvalue weighted by Crippen LogP contribution is -2.45. The number of imidazole rings is 1. The molecule has 0 aliphatic rings. The average molecular weight is 249 g/mol. The van der Waals surface area contributed by atoms with Gasteiger partial charge in [0.1, 0.15) is 17.4 Å². The van der Waals surface area contributed by atoms with Gasteiger partial charge in [0.05, 0.1) is 6.33 Å². The number of anilines is 1. The van der Waals surface area contributed by atoms with Crippen LogP contribution in [0.25, 0.3) is 11.2 Å². The van der Waals surface area contributed by atoms with Crippen LogP contribution in [0, 0.1) is 0 Å². The number of carboxylic acid groups (broad SMARTS) is 1. The van der Waals surface area contributed by atoms with E-state index in [0.717, 1.165) is 0 Å². The van der Waals surface area contributed by atoms with E-state index in [2.05, 4.69) is 25.3 Å². The second-order valence-corrected chi connectivity index (χ2v) is 4.04. The Hall–Kier alpha value is -2.18. The van der Waals surface area contributed by atoms with Gasteiger partial charge in [-0.15, -0.1) is 0 Å². The van der Waals surface area contributed by atoms with Gasteiger partial charge in [0.15, 0.2) is 11.5 Å². The Labute approximate surface area is 104 Å². The largest absolute Gasteiger partial charge is 0.480 e. The first-order valence-electron chi connectivity index (χ1n) is 5.78. The maximum atomic E-state index is 11.4. The van der Waals surface area contributed by atoms with Gasteiger partial charge in [-0.05, 0) is 12.8 Å². The van der Waals surface area contributed by atoms with Gasteiger partial charge in [-0.2, -0.15) is 0 Å². The maximum absolute atomic E-state index is 11.4. The number of nitrogens with one attached hydrogen (secondary N) is 2. The van der Waals surface area contributed by atoms with Crippen molar-refractivity contribution in [2.75, 3.05) is 5.32 Å². The molecule has 3 N–H and O–H groups in total. The summed E-state index contributed by atoms with van der Waals surface area (Å²) in [6.07, 6.45) is 3.78. The molecule has 7 nitrogen and oxygen atoms in total. The molecule has 0 bridgehead atoms. The van der Waals surface area contributed by atoms with Crippen LogP contribution in [0.4, 0.5) is 5.82 Å². The highest BCUT2D eigenvalue weighted by molar-refractivity contribution is 5.88. The van der Waals surface area contributed by atoms with Crippen molar-refractivity contribution >= 4 is 23.0 Å². The molecule has 0 atom stereocenters. The summed E-state index contributed by atoms with van der Waals surface area (Å²) < 4.78 is 0. The highest BCUT2D eigenvalue weighted by atomic mass is 16.4. The number of H-pyrrole nitrogens is 1. The quantitative estimate of drug-likeness (QED) is 0.740. The fraction of sp³-hybridized carbons (Fsp3) is 0.455. The zero-order chi connectivity index (χ0) is 13.2. The number of carbonyl (C=O) groups is 1. The van der Waals surface area contributed by atoms with Gasteiger partial charge in [0.25, 0.3) is 0 Å². The molecule has 0 amide bonds. The van der Waals surface area contributed by atoms with Crippen molar-refractivity contribution in [3.05, 3.63) is 12.7 Å². The van der Waals surface area contributed by atoms with Gasteiger partial charge in [-0.25, -0.2) is 19.7 Å². The predicted octanol–water partition coefficient (Wildman–Crippen LogP) is 1.41. The summed E-state index contributed by atoms with van der Waals surface area (Å²) in [5.41, 5.74) is 0.107. The molecule has 0 aromatic carbocycles. The normalized spacial score (nSPS) is 11.7. The lowest BCUT2D eigenvalue weighted by atomic mass is 9.93. The second kappa shape index (κ2) is 4.59. The number of rotatable bonds is 5. The van der Waals surface area contributed by atoms with Crippen molar-refractivity contribution in [1.29, 1.82) is 0 Å². The summed E-state index contributed by atoms with van der Waals surface area (Å²) in [6.45, 7) is 3.66. The molecule has 2 rings (SSSR count). The van der Waals surface area contributed by atoms with Crippen LogP contribution < -0.4 is 5.32 Å². The van der Waals surface area contributed by atoms with E-state index in [1.54, 1.807) is 0 Å². The van der Waals surface area contributed by atoms with Gasteiger partial charge in [-0.1, -0.05) is 13.8 Å². The number of aromatic nitrogens is 4. The van der Waals surface area contributed by atoms with Gasteiger partial charge < -0.3 is 15.4 Å². The van der Waals surface area contributed by atoms with Crippen LogP contribution in [0.5, 0.6) is 0 Å².